The summed E-state index contributed by atoms with van der Waals surface area (Å²) in [7, 11) is 0. The van der Waals surface area contributed by atoms with Crippen LogP contribution in [-0.2, 0) is 9.59 Å². The van der Waals surface area contributed by atoms with E-state index in [0.29, 0.717) is 0 Å². The molecule has 0 fully saturated rings. The van der Waals surface area contributed by atoms with Gasteiger partial charge in [0.25, 0.3) is 0 Å². The average Bonchev–Trinajstić information content (AvgIpc) is 2.46. The van der Waals surface area contributed by atoms with Crippen LogP contribution in [0.3, 0.4) is 0 Å². The Balaban J connectivity index is 2.26. The first-order valence-electron chi connectivity index (χ1n) is 6.34. The first-order chi connectivity index (χ1) is 9.66. The van der Waals surface area contributed by atoms with Crippen molar-refractivity contribution in [2.24, 2.45) is 5.73 Å². The molecule has 2 aromatic rings. The topological polar surface area (TPSA) is 72.2 Å². The molecule has 2 amide bonds. The van der Waals surface area contributed by atoms with Crippen LogP contribution in [0.15, 0.2) is 60.7 Å². The number of nitrogens with one attached hydrogen (secondary N) is 1. The summed E-state index contributed by atoms with van der Waals surface area (Å²) in [5.41, 5.74) is 6.96. The molecule has 0 heterocycles. The third-order valence-corrected chi connectivity index (χ3v) is 2.91. The zero-order valence-electron chi connectivity index (χ0n) is 11.0. The van der Waals surface area contributed by atoms with Crippen LogP contribution in [0.25, 0.3) is 0 Å². The van der Waals surface area contributed by atoms with Gasteiger partial charge in [0.2, 0.25) is 11.8 Å². The molecule has 0 saturated heterocycles. The zero-order chi connectivity index (χ0) is 14.4. The number of amides is 2. The molecular weight excluding hydrogens is 252 g/mol. The highest BCUT2D eigenvalue weighted by atomic mass is 16.2. The van der Waals surface area contributed by atoms with Gasteiger partial charge in [-0.15, -0.1) is 0 Å². The van der Waals surface area contributed by atoms with Crippen molar-refractivity contribution in [3.63, 3.8) is 0 Å². The number of rotatable bonds is 5. The van der Waals surface area contributed by atoms with Gasteiger partial charge in [-0.1, -0.05) is 60.7 Å². The van der Waals surface area contributed by atoms with Crippen molar-refractivity contribution in [2.45, 2.75) is 12.5 Å². The van der Waals surface area contributed by atoms with Crippen LogP contribution in [0.1, 0.15) is 23.6 Å². The fourth-order valence-electron chi connectivity index (χ4n) is 2.02. The maximum absolute atomic E-state index is 11.8. The Labute approximate surface area is 117 Å². The minimum absolute atomic E-state index is 0.288. The van der Waals surface area contributed by atoms with E-state index in [-0.39, 0.29) is 18.4 Å². The van der Waals surface area contributed by atoms with Gasteiger partial charge in [0.05, 0.1) is 6.04 Å². The van der Waals surface area contributed by atoms with E-state index >= 15 is 0 Å². The van der Waals surface area contributed by atoms with E-state index in [1.807, 2.05) is 60.7 Å². The van der Waals surface area contributed by atoms with Crippen LogP contribution >= 0.6 is 0 Å². The number of nitrogens with two attached hydrogens (primary N) is 1. The van der Waals surface area contributed by atoms with E-state index in [4.69, 9.17) is 5.73 Å². The molecule has 0 bridgehead atoms. The molecule has 0 aliphatic rings. The molecule has 2 aromatic carbocycles. The van der Waals surface area contributed by atoms with Crippen LogP contribution in [0, 0.1) is 0 Å². The number of primary amides is 1. The van der Waals surface area contributed by atoms with E-state index in [1.54, 1.807) is 0 Å². The number of carbonyl (C=O) groups excluding carboxylic acids is 2. The normalized spacial score (nSPS) is 10.2. The lowest BCUT2D eigenvalue weighted by molar-refractivity contribution is -0.127. The van der Waals surface area contributed by atoms with Crippen molar-refractivity contribution >= 4 is 11.8 Å². The zero-order valence-corrected chi connectivity index (χ0v) is 11.0. The second-order valence-electron chi connectivity index (χ2n) is 4.46. The third-order valence-electron chi connectivity index (χ3n) is 2.91. The summed E-state index contributed by atoms with van der Waals surface area (Å²) in [4.78, 5) is 22.6. The number of benzene rings is 2. The molecule has 0 radical (unpaired) electrons. The predicted octanol–water partition coefficient (Wildman–Crippen LogP) is 1.77. The van der Waals surface area contributed by atoms with Crippen molar-refractivity contribution < 1.29 is 9.59 Å². The van der Waals surface area contributed by atoms with Gasteiger partial charge in [-0.3, -0.25) is 9.59 Å². The van der Waals surface area contributed by atoms with Crippen LogP contribution in [-0.4, -0.2) is 11.8 Å². The first-order valence-corrected chi connectivity index (χ1v) is 6.34. The second-order valence-corrected chi connectivity index (χ2v) is 4.46. The van der Waals surface area contributed by atoms with E-state index in [9.17, 15) is 9.59 Å². The molecule has 0 unspecified atom stereocenters. The highest BCUT2D eigenvalue weighted by molar-refractivity contribution is 5.96. The molecule has 4 nitrogen and oxygen atoms in total. The van der Waals surface area contributed by atoms with Crippen LogP contribution < -0.4 is 11.1 Å². The molecule has 0 aliphatic carbocycles. The van der Waals surface area contributed by atoms with Crippen molar-refractivity contribution in [3.05, 3.63) is 71.8 Å². The fourth-order valence-corrected chi connectivity index (χ4v) is 2.02. The molecule has 20 heavy (non-hydrogen) atoms. The minimum Gasteiger partial charge on any atom is -0.369 e. The van der Waals surface area contributed by atoms with Gasteiger partial charge in [-0.25, -0.2) is 0 Å². The summed E-state index contributed by atoms with van der Waals surface area (Å²) in [6.45, 7) is 0. The van der Waals surface area contributed by atoms with Gasteiger partial charge >= 0.3 is 0 Å². The summed E-state index contributed by atoms with van der Waals surface area (Å²) in [5, 5.41) is 2.84. The summed E-state index contributed by atoms with van der Waals surface area (Å²) >= 11 is 0. The molecule has 2 rings (SSSR count). The summed E-state index contributed by atoms with van der Waals surface area (Å²) in [5.74, 6) is -1.02. The van der Waals surface area contributed by atoms with Crippen LogP contribution in [0.2, 0.25) is 0 Å². The molecule has 0 atom stereocenters. The molecule has 0 aliphatic heterocycles. The predicted molar refractivity (Wildman–Crippen MR) is 76.7 cm³/mol. The number of carbonyl (C=O) groups is 2. The average molecular weight is 268 g/mol. The lowest BCUT2D eigenvalue weighted by Gasteiger charge is -2.19. The molecule has 0 spiro atoms. The van der Waals surface area contributed by atoms with Gasteiger partial charge in [0, 0.05) is 0 Å². The number of hydrogen-bond acceptors (Lipinski definition) is 2. The van der Waals surface area contributed by atoms with Gasteiger partial charge < -0.3 is 11.1 Å². The Bertz CT molecular complexity index is 542. The summed E-state index contributed by atoms with van der Waals surface area (Å²) in [6, 6.07) is 18.9. The maximum Gasteiger partial charge on any atom is 0.230 e. The Morgan fingerprint density at radius 1 is 0.900 bits per heavy atom. The summed E-state index contributed by atoms with van der Waals surface area (Å²) < 4.78 is 0. The summed E-state index contributed by atoms with van der Waals surface area (Å²) in [6.07, 6.45) is -0.309. The van der Waals surface area contributed by atoms with Gasteiger partial charge in [0.1, 0.15) is 6.42 Å². The highest BCUT2D eigenvalue weighted by Gasteiger charge is 2.17. The third kappa shape index (κ3) is 3.68. The van der Waals surface area contributed by atoms with Crippen LogP contribution in [0.5, 0.6) is 0 Å². The SMILES string of the molecule is NC(=O)CC(=O)NC(c1ccccc1)c1ccccc1. The highest BCUT2D eigenvalue weighted by Crippen LogP contribution is 2.21. The molecule has 0 aromatic heterocycles. The second kappa shape index (κ2) is 6.52. The minimum atomic E-state index is -0.637. The molecule has 4 heteroatoms. The van der Waals surface area contributed by atoms with Gasteiger partial charge in [0.15, 0.2) is 0 Å². The Kier molecular flexibility index (Phi) is 4.50. The monoisotopic (exact) mass is 268 g/mol. The van der Waals surface area contributed by atoms with Gasteiger partial charge in [-0.05, 0) is 11.1 Å². The van der Waals surface area contributed by atoms with E-state index < -0.39 is 5.91 Å². The maximum atomic E-state index is 11.8. The van der Waals surface area contributed by atoms with E-state index in [0.717, 1.165) is 11.1 Å². The Morgan fingerprint density at radius 2 is 1.35 bits per heavy atom. The molecule has 102 valence electrons. The largest absolute Gasteiger partial charge is 0.369 e. The first kappa shape index (κ1) is 13.8. The lowest BCUT2D eigenvalue weighted by Crippen LogP contribution is -2.32. The van der Waals surface area contributed by atoms with Gasteiger partial charge in [-0.2, -0.15) is 0 Å². The lowest BCUT2D eigenvalue weighted by atomic mass is 9.98. The smallest absolute Gasteiger partial charge is 0.230 e. The quantitative estimate of drug-likeness (QED) is 0.811. The Morgan fingerprint density at radius 3 is 1.75 bits per heavy atom. The van der Waals surface area contributed by atoms with Crippen molar-refractivity contribution in [1.82, 2.24) is 5.32 Å². The number of hydrogen-bond donors (Lipinski definition) is 2. The van der Waals surface area contributed by atoms with Crippen molar-refractivity contribution in [2.75, 3.05) is 0 Å². The molecular formula is C16H16N2O2. The standard InChI is InChI=1S/C16H16N2O2/c17-14(19)11-15(20)18-16(12-7-3-1-4-8-12)13-9-5-2-6-10-13/h1-10,16H,11H2,(H2,17,19)(H,18,20). The van der Waals surface area contributed by atoms with Crippen molar-refractivity contribution in [1.29, 1.82) is 0 Å². The Hall–Kier alpha value is -2.62. The fraction of sp³-hybridized carbons (Fsp3) is 0.125. The molecule has 3 N–H and O–H groups in total. The van der Waals surface area contributed by atoms with E-state index in [2.05, 4.69) is 5.32 Å². The molecule has 0 saturated carbocycles. The van der Waals surface area contributed by atoms with Crippen molar-refractivity contribution in [3.8, 4) is 0 Å². The van der Waals surface area contributed by atoms with Crippen LogP contribution in [0.4, 0.5) is 0 Å². The van der Waals surface area contributed by atoms with E-state index in [1.165, 1.54) is 0 Å².